The van der Waals surface area contributed by atoms with Gasteiger partial charge in [0.15, 0.2) is 22.9 Å². The average Bonchev–Trinajstić information content (AvgIpc) is 3.07. The molecule has 1 aromatic carbocycles. The van der Waals surface area contributed by atoms with Crippen LogP contribution in [0, 0.1) is 11.3 Å². The molecule has 0 aliphatic carbocycles. The maximum Gasteiger partial charge on any atom is 0.359 e. The van der Waals surface area contributed by atoms with Crippen LogP contribution in [0.25, 0.3) is 5.69 Å². The second-order valence-electron chi connectivity index (χ2n) is 6.63. The Balaban J connectivity index is 2.69. The van der Waals surface area contributed by atoms with Crippen molar-refractivity contribution >= 4 is 5.97 Å². The van der Waals surface area contributed by atoms with Crippen LogP contribution in [0.2, 0.25) is 0 Å². The van der Waals surface area contributed by atoms with E-state index in [-0.39, 0.29) is 29.5 Å². The molecule has 0 atom stereocenters. The third kappa shape index (κ3) is 5.26. The molecule has 1 aromatic heterocycles. The van der Waals surface area contributed by atoms with Crippen LogP contribution < -0.4 is 14.2 Å². The third-order valence-electron chi connectivity index (χ3n) is 4.48. The summed E-state index contributed by atoms with van der Waals surface area (Å²) >= 11 is 0. The Morgan fingerprint density at radius 1 is 1.00 bits per heavy atom. The van der Waals surface area contributed by atoms with Crippen LogP contribution in [0.3, 0.4) is 0 Å². The number of carbonyl (C=O) groups is 1. The molecular weight excluding hydrogens is 384 g/mol. The molecule has 0 saturated heterocycles. The molecule has 0 N–H and O–H groups in total. The number of unbranched alkanes of at least 4 members (excludes halogenated alkanes) is 2. The second-order valence-corrected chi connectivity index (χ2v) is 6.63. The molecule has 7 nitrogen and oxygen atoms in total. The Morgan fingerprint density at radius 3 is 2.10 bits per heavy atom. The Bertz CT molecular complexity index is 865. The maximum absolute atomic E-state index is 12.9. The van der Waals surface area contributed by atoms with Crippen LogP contribution >= 0.6 is 0 Å². The molecule has 0 radical (unpaired) electrons. The lowest BCUT2D eigenvalue weighted by atomic mass is 10.3. The lowest BCUT2D eigenvalue weighted by Crippen LogP contribution is -2.14. The molecule has 2 rings (SSSR count). The van der Waals surface area contributed by atoms with Crippen molar-refractivity contribution in [1.29, 1.82) is 5.26 Å². The van der Waals surface area contributed by atoms with E-state index in [0.29, 0.717) is 24.7 Å². The topological polar surface area (TPSA) is 82.7 Å². The van der Waals surface area contributed by atoms with Gasteiger partial charge in [-0.15, -0.1) is 0 Å². The summed E-state index contributed by atoms with van der Waals surface area (Å²) in [7, 11) is 1.58. The first-order valence-corrected chi connectivity index (χ1v) is 10.4. The van der Waals surface area contributed by atoms with E-state index in [1.54, 1.807) is 42.9 Å². The zero-order valence-corrected chi connectivity index (χ0v) is 18.2. The molecule has 0 unspecified atom stereocenters. The molecule has 0 amide bonds. The molecule has 7 heteroatoms. The average molecular weight is 415 g/mol. The van der Waals surface area contributed by atoms with Crippen molar-refractivity contribution in [1.82, 2.24) is 4.57 Å². The predicted molar refractivity (Wildman–Crippen MR) is 114 cm³/mol. The van der Waals surface area contributed by atoms with E-state index in [9.17, 15) is 10.1 Å². The van der Waals surface area contributed by atoms with E-state index in [1.807, 2.05) is 0 Å². The molecule has 30 heavy (non-hydrogen) atoms. The summed E-state index contributed by atoms with van der Waals surface area (Å²) in [5.74, 6) is 0.633. The lowest BCUT2D eigenvalue weighted by molar-refractivity contribution is 0.0511. The predicted octanol–water partition coefficient (Wildman–Crippen LogP) is 4.89. The largest absolute Gasteiger partial charge is 0.497 e. The number of methoxy groups -OCH3 is 1. The van der Waals surface area contributed by atoms with Crippen LogP contribution in [0.4, 0.5) is 0 Å². The van der Waals surface area contributed by atoms with Crippen molar-refractivity contribution in [3.8, 4) is 29.0 Å². The second kappa shape index (κ2) is 11.8. The molecule has 0 spiro atoms. The minimum absolute atomic E-state index is 0.154. The summed E-state index contributed by atoms with van der Waals surface area (Å²) in [6, 6.07) is 9.26. The van der Waals surface area contributed by atoms with Gasteiger partial charge in [-0.25, -0.2) is 4.79 Å². The van der Waals surface area contributed by atoms with Gasteiger partial charge in [-0.05, 0) is 44.0 Å². The fourth-order valence-corrected chi connectivity index (χ4v) is 2.91. The first kappa shape index (κ1) is 23.1. The fourth-order valence-electron chi connectivity index (χ4n) is 2.91. The van der Waals surface area contributed by atoms with Gasteiger partial charge < -0.3 is 18.9 Å². The van der Waals surface area contributed by atoms with Crippen molar-refractivity contribution in [3.05, 3.63) is 35.7 Å². The van der Waals surface area contributed by atoms with Crippen molar-refractivity contribution < 1.29 is 23.7 Å². The van der Waals surface area contributed by atoms with Gasteiger partial charge in [-0.1, -0.05) is 26.7 Å². The molecule has 0 fully saturated rings. The molecule has 0 saturated carbocycles. The van der Waals surface area contributed by atoms with Crippen molar-refractivity contribution in [2.24, 2.45) is 0 Å². The number of benzene rings is 1. The zero-order valence-electron chi connectivity index (χ0n) is 18.2. The van der Waals surface area contributed by atoms with Crippen LogP contribution in [-0.2, 0) is 4.74 Å². The maximum atomic E-state index is 12.9. The first-order valence-electron chi connectivity index (χ1n) is 10.4. The van der Waals surface area contributed by atoms with Gasteiger partial charge in [0.2, 0.25) is 0 Å². The summed E-state index contributed by atoms with van der Waals surface area (Å²) in [6.45, 7) is 6.88. The quantitative estimate of drug-likeness (QED) is 0.363. The van der Waals surface area contributed by atoms with Gasteiger partial charge >= 0.3 is 5.97 Å². The number of ether oxygens (including phenoxy) is 4. The molecular formula is C23H30N2O5. The van der Waals surface area contributed by atoms with Gasteiger partial charge in [0.1, 0.15) is 11.8 Å². The number of hydrogen-bond donors (Lipinski definition) is 0. The van der Waals surface area contributed by atoms with E-state index < -0.39 is 5.97 Å². The van der Waals surface area contributed by atoms with Gasteiger partial charge in [0, 0.05) is 5.69 Å². The number of nitrogens with zero attached hydrogens (tertiary/aromatic N) is 2. The summed E-state index contributed by atoms with van der Waals surface area (Å²) in [4.78, 5) is 12.9. The first-order chi connectivity index (χ1) is 14.6. The molecule has 0 aliphatic rings. The van der Waals surface area contributed by atoms with E-state index in [2.05, 4.69) is 19.9 Å². The van der Waals surface area contributed by atoms with Crippen LogP contribution in [0.15, 0.2) is 24.3 Å². The number of rotatable bonds is 12. The highest BCUT2D eigenvalue weighted by Crippen LogP contribution is 2.41. The standard InChI is InChI=1S/C23H30N2O5/c1-5-8-14-29-21-19(16-24)25(17-10-12-18(27-4)13-11-17)20(23(26)28-7-3)22(21)30-15-9-6-2/h10-13H,5-9,14-15H2,1-4H3. The molecule has 1 heterocycles. The fraction of sp³-hybridized carbons (Fsp3) is 0.478. The number of esters is 1. The van der Waals surface area contributed by atoms with Crippen LogP contribution in [0.1, 0.15) is 62.6 Å². The molecule has 0 bridgehead atoms. The Labute approximate surface area is 178 Å². The highest BCUT2D eigenvalue weighted by Gasteiger charge is 2.32. The summed E-state index contributed by atoms with van der Waals surface area (Å²) in [6.07, 6.45) is 3.51. The van der Waals surface area contributed by atoms with Gasteiger partial charge in [-0.2, -0.15) is 5.26 Å². The summed E-state index contributed by atoms with van der Waals surface area (Å²) < 4.78 is 24.0. The summed E-state index contributed by atoms with van der Waals surface area (Å²) in [5, 5.41) is 9.96. The number of carbonyl (C=O) groups excluding carboxylic acids is 1. The van der Waals surface area contributed by atoms with Gasteiger partial charge in [0.25, 0.3) is 0 Å². The van der Waals surface area contributed by atoms with Crippen molar-refractivity contribution in [2.75, 3.05) is 26.9 Å². The molecule has 2 aromatic rings. The highest BCUT2D eigenvalue weighted by molar-refractivity contribution is 5.94. The number of hydrogen-bond acceptors (Lipinski definition) is 6. The Morgan fingerprint density at radius 2 is 1.60 bits per heavy atom. The van der Waals surface area contributed by atoms with Crippen molar-refractivity contribution in [2.45, 2.75) is 46.5 Å². The van der Waals surface area contributed by atoms with E-state index in [1.165, 1.54) is 0 Å². The van der Waals surface area contributed by atoms with Gasteiger partial charge in [-0.3, -0.25) is 4.57 Å². The highest BCUT2D eigenvalue weighted by atomic mass is 16.5. The minimum Gasteiger partial charge on any atom is -0.497 e. The van der Waals surface area contributed by atoms with E-state index in [0.717, 1.165) is 25.7 Å². The lowest BCUT2D eigenvalue weighted by Gasteiger charge is -2.12. The smallest absolute Gasteiger partial charge is 0.359 e. The van der Waals surface area contributed by atoms with Crippen molar-refractivity contribution in [3.63, 3.8) is 0 Å². The SMILES string of the molecule is CCCCOc1c(OCCCC)c(C(=O)OCC)n(-c2ccc(OC)cc2)c1C#N. The number of aromatic nitrogens is 1. The third-order valence-corrected chi connectivity index (χ3v) is 4.48. The van der Waals surface area contributed by atoms with Crippen LogP contribution in [0.5, 0.6) is 17.2 Å². The minimum atomic E-state index is -0.568. The zero-order chi connectivity index (χ0) is 21.9. The van der Waals surface area contributed by atoms with E-state index in [4.69, 9.17) is 18.9 Å². The van der Waals surface area contributed by atoms with Crippen LogP contribution in [-0.4, -0.2) is 37.5 Å². The van der Waals surface area contributed by atoms with E-state index >= 15 is 0 Å². The monoisotopic (exact) mass is 414 g/mol. The Kier molecular flexibility index (Phi) is 9.07. The molecule has 162 valence electrons. The number of nitriles is 1. The summed E-state index contributed by atoms with van der Waals surface area (Å²) in [5.41, 5.74) is 0.966. The Hall–Kier alpha value is -3.14. The van der Waals surface area contributed by atoms with Gasteiger partial charge in [0.05, 0.1) is 26.9 Å². The normalized spacial score (nSPS) is 10.4. The molecule has 0 aliphatic heterocycles.